The number of aryl methyl sites for hydroxylation is 1. The summed E-state index contributed by atoms with van der Waals surface area (Å²) in [6.45, 7) is 1.79. The van der Waals surface area contributed by atoms with E-state index >= 15 is 0 Å². The quantitative estimate of drug-likeness (QED) is 0.705. The van der Waals surface area contributed by atoms with E-state index in [1.807, 2.05) is 11.4 Å². The summed E-state index contributed by atoms with van der Waals surface area (Å²) >= 11 is 1.45. The van der Waals surface area contributed by atoms with Crippen molar-refractivity contribution in [3.63, 3.8) is 0 Å². The van der Waals surface area contributed by atoms with Gasteiger partial charge in [0.2, 0.25) is 0 Å². The highest BCUT2D eigenvalue weighted by atomic mass is 32.1. The van der Waals surface area contributed by atoms with Crippen LogP contribution in [0.15, 0.2) is 17.5 Å². The summed E-state index contributed by atoms with van der Waals surface area (Å²) in [6, 6.07) is 3.56. The zero-order chi connectivity index (χ0) is 9.42. The number of phenolic OH excluding ortho intramolecular Hbond substituents is 1. The fraction of sp³-hybridized carbons (Fsp3) is 0.100. The minimum atomic E-state index is 0.288. The van der Waals surface area contributed by atoms with Gasteiger partial charge < -0.3 is 5.11 Å². The SMILES string of the molecule is Cc1cc(C=O)c2ccsc2c1O. The van der Waals surface area contributed by atoms with Crippen molar-refractivity contribution in [1.82, 2.24) is 0 Å². The van der Waals surface area contributed by atoms with Crippen LogP contribution >= 0.6 is 11.3 Å². The largest absolute Gasteiger partial charge is 0.506 e. The van der Waals surface area contributed by atoms with E-state index in [0.29, 0.717) is 5.56 Å². The van der Waals surface area contributed by atoms with Crippen molar-refractivity contribution in [3.05, 3.63) is 28.6 Å². The normalized spacial score (nSPS) is 10.5. The summed E-state index contributed by atoms with van der Waals surface area (Å²) in [5, 5.41) is 12.4. The Labute approximate surface area is 79.4 Å². The summed E-state index contributed by atoms with van der Waals surface area (Å²) in [7, 11) is 0. The molecule has 0 saturated carbocycles. The second-order valence-electron chi connectivity index (χ2n) is 2.91. The molecule has 0 atom stereocenters. The third kappa shape index (κ3) is 1.12. The molecule has 0 aliphatic carbocycles. The molecule has 0 spiro atoms. The van der Waals surface area contributed by atoms with Gasteiger partial charge in [-0.3, -0.25) is 4.79 Å². The molecule has 0 aliphatic rings. The minimum absolute atomic E-state index is 0.288. The van der Waals surface area contributed by atoms with E-state index in [1.165, 1.54) is 11.3 Å². The van der Waals surface area contributed by atoms with Crippen LogP contribution in [-0.4, -0.2) is 11.4 Å². The van der Waals surface area contributed by atoms with Crippen molar-refractivity contribution < 1.29 is 9.90 Å². The van der Waals surface area contributed by atoms with E-state index in [0.717, 1.165) is 21.9 Å². The van der Waals surface area contributed by atoms with Gasteiger partial charge in [-0.15, -0.1) is 11.3 Å². The van der Waals surface area contributed by atoms with Crippen LogP contribution in [-0.2, 0) is 0 Å². The summed E-state index contributed by atoms with van der Waals surface area (Å²) in [4.78, 5) is 10.7. The molecule has 1 N–H and O–H groups in total. The number of benzene rings is 1. The molecule has 2 rings (SSSR count). The van der Waals surface area contributed by atoms with Crippen LogP contribution in [0.5, 0.6) is 5.75 Å². The Morgan fingerprint density at radius 1 is 1.54 bits per heavy atom. The van der Waals surface area contributed by atoms with E-state index in [2.05, 4.69) is 0 Å². The van der Waals surface area contributed by atoms with Crippen LogP contribution in [0, 0.1) is 6.92 Å². The van der Waals surface area contributed by atoms with Gasteiger partial charge >= 0.3 is 0 Å². The van der Waals surface area contributed by atoms with Gasteiger partial charge in [0.15, 0.2) is 6.29 Å². The molecular weight excluding hydrogens is 184 g/mol. The standard InChI is InChI=1S/C10H8O2S/c1-6-4-7(5-11)8-2-3-13-10(8)9(6)12/h2-5,12H,1H3. The van der Waals surface area contributed by atoms with Gasteiger partial charge in [0.05, 0.1) is 4.70 Å². The number of phenols is 1. The average Bonchev–Trinajstić information content (AvgIpc) is 2.60. The first-order valence-electron chi connectivity index (χ1n) is 3.89. The Kier molecular flexibility index (Phi) is 1.81. The summed E-state index contributed by atoms with van der Waals surface area (Å²) in [5.41, 5.74) is 1.39. The lowest BCUT2D eigenvalue weighted by Crippen LogP contribution is -1.83. The highest BCUT2D eigenvalue weighted by molar-refractivity contribution is 7.17. The smallest absolute Gasteiger partial charge is 0.150 e. The highest BCUT2D eigenvalue weighted by Gasteiger charge is 2.08. The van der Waals surface area contributed by atoms with Crippen LogP contribution < -0.4 is 0 Å². The van der Waals surface area contributed by atoms with Crippen LogP contribution in [0.3, 0.4) is 0 Å². The maximum Gasteiger partial charge on any atom is 0.150 e. The number of fused-ring (bicyclic) bond motifs is 1. The molecule has 0 fully saturated rings. The number of aldehydes is 1. The second kappa shape index (κ2) is 2.85. The molecule has 0 bridgehead atoms. The molecule has 1 aromatic heterocycles. The fourth-order valence-electron chi connectivity index (χ4n) is 1.38. The predicted octanol–water partition coefficient (Wildman–Crippen LogP) is 2.73. The third-order valence-electron chi connectivity index (χ3n) is 2.06. The van der Waals surface area contributed by atoms with Crippen molar-refractivity contribution in [2.45, 2.75) is 6.92 Å². The van der Waals surface area contributed by atoms with E-state index in [-0.39, 0.29) is 5.75 Å². The van der Waals surface area contributed by atoms with Crippen LogP contribution in [0.25, 0.3) is 10.1 Å². The van der Waals surface area contributed by atoms with Crippen LogP contribution in [0.4, 0.5) is 0 Å². The zero-order valence-corrected chi connectivity index (χ0v) is 7.89. The molecule has 66 valence electrons. The summed E-state index contributed by atoms with van der Waals surface area (Å²) < 4.78 is 0.794. The second-order valence-corrected chi connectivity index (χ2v) is 3.83. The molecule has 0 amide bonds. The van der Waals surface area contributed by atoms with Crippen molar-refractivity contribution in [3.8, 4) is 5.75 Å². The number of hydrogen-bond acceptors (Lipinski definition) is 3. The molecule has 3 heteroatoms. The van der Waals surface area contributed by atoms with Gasteiger partial charge in [-0.25, -0.2) is 0 Å². The van der Waals surface area contributed by atoms with Gasteiger partial charge in [0.25, 0.3) is 0 Å². The van der Waals surface area contributed by atoms with Gasteiger partial charge in [-0.1, -0.05) is 0 Å². The fourth-order valence-corrected chi connectivity index (χ4v) is 2.30. The Morgan fingerprint density at radius 2 is 2.31 bits per heavy atom. The van der Waals surface area contributed by atoms with Gasteiger partial charge in [-0.2, -0.15) is 0 Å². The first kappa shape index (κ1) is 8.26. The molecule has 13 heavy (non-hydrogen) atoms. The maximum atomic E-state index is 10.7. The van der Waals surface area contributed by atoms with Crippen molar-refractivity contribution in [2.75, 3.05) is 0 Å². The lowest BCUT2D eigenvalue weighted by Gasteiger charge is -2.01. The lowest BCUT2D eigenvalue weighted by molar-refractivity contribution is 0.112. The molecule has 0 saturated heterocycles. The topological polar surface area (TPSA) is 37.3 Å². The molecule has 1 heterocycles. The van der Waals surface area contributed by atoms with Gasteiger partial charge in [0, 0.05) is 10.9 Å². The molecule has 0 aliphatic heterocycles. The van der Waals surface area contributed by atoms with Crippen LogP contribution in [0.2, 0.25) is 0 Å². The Hall–Kier alpha value is -1.35. The predicted molar refractivity (Wildman–Crippen MR) is 53.6 cm³/mol. The van der Waals surface area contributed by atoms with Crippen molar-refractivity contribution in [1.29, 1.82) is 0 Å². The molecule has 2 nitrogen and oxygen atoms in total. The Morgan fingerprint density at radius 3 is 3.00 bits per heavy atom. The van der Waals surface area contributed by atoms with E-state index in [9.17, 15) is 9.90 Å². The van der Waals surface area contributed by atoms with Crippen LogP contribution in [0.1, 0.15) is 15.9 Å². The Bertz CT molecular complexity index is 471. The molecule has 2 aromatic rings. The van der Waals surface area contributed by atoms with E-state index in [1.54, 1.807) is 13.0 Å². The molecular formula is C10H8O2S. The number of rotatable bonds is 1. The van der Waals surface area contributed by atoms with Gasteiger partial charge in [-0.05, 0) is 30.0 Å². The first-order chi connectivity index (χ1) is 6.24. The number of carbonyl (C=O) groups is 1. The zero-order valence-electron chi connectivity index (χ0n) is 7.07. The lowest BCUT2D eigenvalue weighted by atomic mass is 10.1. The highest BCUT2D eigenvalue weighted by Crippen LogP contribution is 2.34. The number of carbonyl (C=O) groups excluding carboxylic acids is 1. The average molecular weight is 192 g/mol. The first-order valence-corrected chi connectivity index (χ1v) is 4.77. The summed E-state index contributed by atoms with van der Waals surface area (Å²) in [5.74, 6) is 0.288. The number of hydrogen-bond donors (Lipinski definition) is 1. The Balaban J connectivity index is 2.95. The third-order valence-corrected chi connectivity index (χ3v) is 2.98. The maximum absolute atomic E-state index is 10.7. The van der Waals surface area contributed by atoms with Gasteiger partial charge in [0.1, 0.15) is 5.75 Å². The van der Waals surface area contributed by atoms with Crippen molar-refractivity contribution in [2.24, 2.45) is 0 Å². The molecule has 0 radical (unpaired) electrons. The van der Waals surface area contributed by atoms with Crippen molar-refractivity contribution >= 4 is 27.7 Å². The molecule has 0 unspecified atom stereocenters. The van der Waals surface area contributed by atoms with E-state index < -0.39 is 0 Å². The summed E-state index contributed by atoms with van der Waals surface area (Å²) in [6.07, 6.45) is 0.821. The number of aromatic hydroxyl groups is 1. The monoisotopic (exact) mass is 192 g/mol. The van der Waals surface area contributed by atoms with E-state index in [4.69, 9.17) is 0 Å². The number of thiophene rings is 1. The molecule has 1 aromatic carbocycles. The minimum Gasteiger partial charge on any atom is -0.506 e.